The molecule has 5 nitrogen and oxygen atoms in total. The van der Waals surface area contributed by atoms with Crippen LogP contribution in [0.2, 0.25) is 0 Å². The first-order valence-electron chi connectivity index (χ1n) is 6.05. The molecule has 2 N–H and O–H groups in total. The van der Waals surface area contributed by atoms with Crippen LogP contribution in [0.15, 0.2) is 30.5 Å². The van der Waals surface area contributed by atoms with Crippen molar-refractivity contribution in [1.29, 1.82) is 0 Å². The lowest BCUT2D eigenvalue weighted by atomic mass is 10.2. The molecular weight excluding hydrogens is 226 g/mol. The van der Waals surface area contributed by atoms with Gasteiger partial charge in [0.25, 0.3) is 0 Å². The Labute approximate surface area is 107 Å². The van der Waals surface area contributed by atoms with E-state index in [0.29, 0.717) is 11.8 Å². The van der Waals surface area contributed by atoms with Gasteiger partial charge in [0.15, 0.2) is 5.82 Å². The molecule has 0 aliphatic heterocycles. The standard InChI is InChI=1S/C13H17N5/c1-3-8-14-13-17-12(9-15-18-13)16-11-6-4-10(2)5-7-11/h4-7,9H,3,8H2,1-2H3,(H2,14,16,17,18). The Bertz CT molecular complexity index is 495. The number of nitrogens with zero attached hydrogens (tertiary/aromatic N) is 3. The largest absolute Gasteiger partial charge is 0.353 e. The highest BCUT2D eigenvalue weighted by Crippen LogP contribution is 2.14. The molecule has 1 aromatic carbocycles. The molecule has 0 aliphatic carbocycles. The Kier molecular flexibility index (Phi) is 4.06. The SMILES string of the molecule is CCCNc1nncc(Nc2ccc(C)cc2)n1. The second kappa shape index (κ2) is 5.95. The average Bonchev–Trinajstić information content (AvgIpc) is 2.40. The maximum atomic E-state index is 4.33. The van der Waals surface area contributed by atoms with Gasteiger partial charge in [-0.25, -0.2) is 0 Å². The molecule has 0 saturated carbocycles. The highest BCUT2D eigenvalue weighted by Gasteiger charge is 2.00. The van der Waals surface area contributed by atoms with Crippen molar-refractivity contribution in [3.8, 4) is 0 Å². The zero-order valence-corrected chi connectivity index (χ0v) is 10.6. The summed E-state index contributed by atoms with van der Waals surface area (Å²) in [5, 5.41) is 14.1. The third kappa shape index (κ3) is 3.41. The van der Waals surface area contributed by atoms with E-state index < -0.39 is 0 Å². The second-order valence-electron chi connectivity index (χ2n) is 4.08. The summed E-state index contributed by atoms with van der Waals surface area (Å²) in [4.78, 5) is 4.33. The molecule has 5 heteroatoms. The molecule has 0 spiro atoms. The van der Waals surface area contributed by atoms with Gasteiger partial charge in [0.1, 0.15) is 0 Å². The minimum Gasteiger partial charge on any atom is -0.353 e. The number of rotatable bonds is 5. The van der Waals surface area contributed by atoms with Crippen molar-refractivity contribution in [3.05, 3.63) is 36.0 Å². The van der Waals surface area contributed by atoms with E-state index in [4.69, 9.17) is 0 Å². The molecule has 0 aliphatic rings. The van der Waals surface area contributed by atoms with Crippen LogP contribution < -0.4 is 10.6 Å². The fraction of sp³-hybridized carbons (Fsp3) is 0.308. The van der Waals surface area contributed by atoms with Crippen molar-refractivity contribution in [2.45, 2.75) is 20.3 Å². The molecule has 2 aromatic rings. The van der Waals surface area contributed by atoms with Gasteiger partial charge in [-0.2, -0.15) is 10.1 Å². The van der Waals surface area contributed by atoms with Crippen molar-refractivity contribution < 1.29 is 0 Å². The molecule has 0 amide bonds. The van der Waals surface area contributed by atoms with Gasteiger partial charge in [0.2, 0.25) is 5.95 Å². The predicted molar refractivity (Wildman–Crippen MR) is 73.1 cm³/mol. The summed E-state index contributed by atoms with van der Waals surface area (Å²) in [5.74, 6) is 1.24. The van der Waals surface area contributed by atoms with Gasteiger partial charge >= 0.3 is 0 Å². The number of aryl methyl sites for hydroxylation is 1. The van der Waals surface area contributed by atoms with E-state index in [2.05, 4.69) is 39.7 Å². The molecular formula is C13H17N5. The van der Waals surface area contributed by atoms with Gasteiger partial charge in [0, 0.05) is 12.2 Å². The van der Waals surface area contributed by atoms with Crippen molar-refractivity contribution in [3.63, 3.8) is 0 Å². The van der Waals surface area contributed by atoms with Crippen molar-refractivity contribution in [1.82, 2.24) is 15.2 Å². The van der Waals surface area contributed by atoms with Crippen LogP contribution in [0, 0.1) is 6.92 Å². The quantitative estimate of drug-likeness (QED) is 0.845. The second-order valence-corrected chi connectivity index (χ2v) is 4.08. The average molecular weight is 243 g/mol. The van der Waals surface area contributed by atoms with E-state index in [9.17, 15) is 0 Å². The fourth-order valence-corrected chi connectivity index (χ4v) is 1.46. The normalized spacial score (nSPS) is 10.1. The van der Waals surface area contributed by atoms with Crippen LogP contribution in [0.4, 0.5) is 17.5 Å². The number of hydrogen-bond acceptors (Lipinski definition) is 5. The molecule has 18 heavy (non-hydrogen) atoms. The summed E-state index contributed by atoms with van der Waals surface area (Å²) >= 11 is 0. The third-order valence-corrected chi connectivity index (χ3v) is 2.42. The van der Waals surface area contributed by atoms with Gasteiger partial charge in [-0.05, 0) is 25.5 Å². The summed E-state index contributed by atoms with van der Waals surface area (Å²) in [6, 6.07) is 8.12. The smallest absolute Gasteiger partial charge is 0.244 e. The summed E-state index contributed by atoms with van der Waals surface area (Å²) in [6.07, 6.45) is 2.63. The first-order chi connectivity index (χ1) is 8.78. The molecule has 94 valence electrons. The maximum Gasteiger partial charge on any atom is 0.244 e. The van der Waals surface area contributed by atoms with Gasteiger partial charge in [0.05, 0.1) is 6.20 Å². The van der Waals surface area contributed by atoms with E-state index in [1.54, 1.807) is 6.20 Å². The Morgan fingerprint density at radius 1 is 1.17 bits per heavy atom. The van der Waals surface area contributed by atoms with Gasteiger partial charge in [-0.15, -0.1) is 5.10 Å². The summed E-state index contributed by atoms with van der Waals surface area (Å²) in [6.45, 7) is 4.99. The Morgan fingerprint density at radius 3 is 2.67 bits per heavy atom. The molecule has 1 heterocycles. The lowest BCUT2D eigenvalue weighted by Gasteiger charge is -2.07. The van der Waals surface area contributed by atoms with E-state index >= 15 is 0 Å². The Morgan fingerprint density at radius 2 is 1.94 bits per heavy atom. The molecule has 0 fully saturated rings. The summed E-state index contributed by atoms with van der Waals surface area (Å²) in [7, 11) is 0. The Balaban J connectivity index is 2.06. The highest BCUT2D eigenvalue weighted by molar-refractivity contribution is 5.56. The van der Waals surface area contributed by atoms with Crippen LogP contribution in [0.5, 0.6) is 0 Å². The fourth-order valence-electron chi connectivity index (χ4n) is 1.46. The van der Waals surface area contributed by atoms with Gasteiger partial charge < -0.3 is 10.6 Å². The molecule has 0 bridgehead atoms. The molecule has 0 radical (unpaired) electrons. The summed E-state index contributed by atoms with van der Waals surface area (Å²) in [5.41, 5.74) is 2.22. The van der Waals surface area contributed by atoms with Crippen molar-refractivity contribution >= 4 is 17.5 Å². The topological polar surface area (TPSA) is 62.7 Å². The van der Waals surface area contributed by atoms with Gasteiger partial charge in [-0.1, -0.05) is 24.6 Å². The van der Waals surface area contributed by atoms with Gasteiger partial charge in [-0.3, -0.25) is 0 Å². The summed E-state index contributed by atoms with van der Waals surface area (Å²) < 4.78 is 0. The first-order valence-corrected chi connectivity index (χ1v) is 6.05. The minimum absolute atomic E-state index is 0.550. The highest BCUT2D eigenvalue weighted by atomic mass is 15.3. The number of anilines is 3. The molecule has 0 atom stereocenters. The van der Waals surface area contributed by atoms with Crippen LogP contribution >= 0.6 is 0 Å². The zero-order valence-electron chi connectivity index (χ0n) is 10.6. The lowest BCUT2D eigenvalue weighted by Crippen LogP contribution is -2.06. The van der Waals surface area contributed by atoms with Crippen LogP contribution in [0.25, 0.3) is 0 Å². The molecule has 0 saturated heterocycles. The van der Waals surface area contributed by atoms with E-state index in [1.165, 1.54) is 5.56 Å². The molecule has 0 unspecified atom stereocenters. The van der Waals surface area contributed by atoms with Crippen LogP contribution in [0.3, 0.4) is 0 Å². The number of hydrogen-bond donors (Lipinski definition) is 2. The minimum atomic E-state index is 0.550. The van der Waals surface area contributed by atoms with E-state index in [-0.39, 0.29) is 0 Å². The molecule has 1 aromatic heterocycles. The number of nitrogens with one attached hydrogen (secondary N) is 2. The third-order valence-electron chi connectivity index (χ3n) is 2.42. The zero-order chi connectivity index (χ0) is 12.8. The molecule has 2 rings (SSSR count). The van der Waals surface area contributed by atoms with Crippen LogP contribution in [-0.2, 0) is 0 Å². The van der Waals surface area contributed by atoms with Crippen molar-refractivity contribution in [2.75, 3.05) is 17.2 Å². The van der Waals surface area contributed by atoms with Crippen molar-refractivity contribution in [2.24, 2.45) is 0 Å². The predicted octanol–water partition coefficient (Wildman–Crippen LogP) is 2.75. The number of benzene rings is 1. The lowest BCUT2D eigenvalue weighted by molar-refractivity contribution is 0.913. The Hall–Kier alpha value is -2.17. The van der Waals surface area contributed by atoms with Crippen LogP contribution in [0.1, 0.15) is 18.9 Å². The monoisotopic (exact) mass is 243 g/mol. The van der Waals surface area contributed by atoms with E-state index in [1.807, 2.05) is 24.3 Å². The number of aromatic nitrogens is 3. The first kappa shape index (κ1) is 12.3. The van der Waals surface area contributed by atoms with Crippen LogP contribution in [-0.4, -0.2) is 21.7 Å². The maximum absolute atomic E-state index is 4.33. The van der Waals surface area contributed by atoms with E-state index in [0.717, 1.165) is 18.7 Å².